The quantitative estimate of drug-likeness (QED) is 0.234. The molecule has 0 aliphatic rings. The molecule has 0 radical (unpaired) electrons. The lowest BCUT2D eigenvalue weighted by molar-refractivity contribution is -0.149. The zero-order valence-corrected chi connectivity index (χ0v) is 22.8. The van der Waals surface area contributed by atoms with E-state index in [1.165, 1.54) is 21.8 Å². The molecule has 6 nitrogen and oxygen atoms in total. The first-order valence-corrected chi connectivity index (χ1v) is 13.5. The number of esters is 2. The maximum absolute atomic E-state index is 12.6. The first-order valence-electron chi connectivity index (χ1n) is 12.3. The van der Waals surface area contributed by atoms with Crippen molar-refractivity contribution in [1.82, 2.24) is 4.90 Å². The van der Waals surface area contributed by atoms with Crippen LogP contribution in [0.1, 0.15) is 25.3 Å². The van der Waals surface area contributed by atoms with Crippen molar-refractivity contribution in [2.24, 2.45) is 0 Å². The summed E-state index contributed by atoms with van der Waals surface area (Å²) < 4.78 is 15.5. The van der Waals surface area contributed by atoms with Crippen LogP contribution >= 0.6 is 0 Å². The zero-order chi connectivity index (χ0) is 26.6. The third-order valence-electron chi connectivity index (χ3n) is 6.06. The summed E-state index contributed by atoms with van der Waals surface area (Å²) in [6.07, 6.45) is 0. The summed E-state index contributed by atoms with van der Waals surface area (Å²) in [6.45, 7) is 4.56. The van der Waals surface area contributed by atoms with Crippen molar-refractivity contribution in [2.75, 3.05) is 40.5 Å². The number of methoxy groups -OCH3 is 2. The second-order valence-corrected chi connectivity index (χ2v) is 10.9. The fraction of sp³-hybridized carbons (Fsp3) is 0.333. The number of benzene rings is 3. The van der Waals surface area contributed by atoms with Gasteiger partial charge in [0.1, 0.15) is 0 Å². The van der Waals surface area contributed by atoms with Crippen LogP contribution in [0.25, 0.3) is 0 Å². The van der Waals surface area contributed by atoms with E-state index in [-0.39, 0.29) is 48.5 Å². The van der Waals surface area contributed by atoms with Crippen LogP contribution in [-0.2, 0) is 34.7 Å². The minimum absolute atomic E-state index is 0.00207. The maximum Gasteiger partial charge on any atom is 0.320 e. The standard InChI is InChI=1S/C30H36NO5S/c1-23(21-36-30(33)20-31(19-29(32)35-4)24(2)22-34-3)25-15-17-28(18-16-25)37(26-11-7-5-8-12-26)27-13-9-6-10-14-27/h5-18,23-24H,19-22H2,1-4H3/q+1. The van der Waals surface area contributed by atoms with Crippen LogP contribution in [-0.4, -0.2) is 63.4 Å². The van der Waals surface area contributed by atoms with Gasteiger partial charge in [0, 0.05) is 19.1 Å². The van der Waals surface area contributed by atoms with Gasteiger partial charge in [-0.15, -0.1) is 0 Å². The third-order valence-corrected chi connectivity index (χ3v) is 8.29. The predicted octanol–water partition coefficient (Wildman–Crippen LogP) is 4.94. The third kappa shape index (κ3) is 8.45. The molecule has 0 heterocycles. The molecule has 7 heteroatoms. The normalized spacial score (nSPS) is 12.8. The van der Waals surface area contributed by atoms with Crippen LogP contribution in [0, 0.1) is 0 Å². The number of carbonyl (C=O) groups excluding carboxylic acids is 2. The highest BCUT2D eigenvalue weighted by molar-refractivity contribution is 7.97. The fourth-order valence-corrected chi connectivity index (χ4v) is 6.01. The SMILES string of the molecule is COCC(C)N(CC(=O)OC)CC(=O)OCC(C)c1ccc([S+](c2ccccc2)c2ccccc2)cc1. The molecule has 0 amide bonds. The second kappa shape index (κ2) is 14.6. The highest BCUT2D eigenvalue weighted by atomic mass is 32.2. The lowest BCUT2D eigenvalue weighted by Gasteiger charge is -2.26. The molecule has 0 bridgehead atoms. The summed E-state index contributed by atoms with van der Waals surface area (Å²) in [7, 11) is 2.71. The lowest BCUT2D eigenvalue weighted by Crippen LogP contribution is -2.43. The Kier molecular flexibility index (Phi) is 11.2. The number of rotatable bonds is 13. The Morgan fingerprint density at radius 1 is 0.730 bits per heavy atom. The number of carbonyl (C=O) groups is 2. The Hall–Kier alpha value is -3.13. The van der Waals surface area contributed by atoms with Gasteiger partial charge >= 0.3 is 11.9 Å². The van der Waals surface area contributed by atoms with Crippen LogP contribution in [0.5, 0.6) is 0 Å². The summed E-state index contributed by atoms with van der Waals surface area (Å²) in [5, 5.41) is 0. The highest BCUT2D eigenvalue weighted by Gasteiger charge is 2.28. The van der Waals surface area contributed by atoms with E-state index in [2.05, 4.69) is 72.8 Å². The average molecular weight is 523 g/mol. The second-order valence-electron chi connectivity index (χ2n) is 8.87. The van der Waals surface area contributed by atoms with Gasteiger partial charge in [0.25, 0.3) is 0 Å². The summed E-state index contributed by atoms with van der Waals surface area (Å²) >= 11 is 0. The molecular weight excluding hydrogens is 486 g/mol. The monoisotopic (exact) mass is 522 g/mol. The van der Waals surface area contributed by atoms with Gasteiger partial charge < -0.3 is 14.2 Å². The van der Waals surface area contributed by atoms with Gasteiger partial charge in [0.05, 0.1) is 44.3 Å². The predicted molar refractivity (Wildman–Crippen MR) is 146 cm³/mol. The fourth-order valence-electron chi connectivity index (χ4n) is 3.92. The van der Waals surface area contributed by atoms with Gasteiger partial charge in [0.2, 0.25) is 0 Å². The molecule has 196 valence electrons. The molecule has 0 aliphatic carbocycles. The van der Waals surface area contributed by atoms with Crippen molar-refractivity contribution in [2.45, 2.75) is 40.5 Å². The minimum Gasteiger partial charge on any atom is -0.468 e. The van der Waals surface area contributed by atoms with Crippen LogP contribution < -0.4 is 0 Å². The molecule has 3 rings (SSSR count). The van der Waals surface area contributed by atoms with Crippen molar-refractivity contribution in [3.8, 4) is 0 Å². The Morgan fingerprint density at radius 3 is 1.76 bits per heavy atom. The van der Waals surface area contributed by atoms with Gasteiger partial charge in [-0.3, -0.25) is 14.5 Å². The lowest BCUT2D eigenvalue weighted by atomic mass is 10.0. The van der Waals surface area contributed by atoms with E-state index in [0.717, 1.165) is 5.56 Å². The molecule has 2 unspecified atom stereocenters. The summed E-state index contributed by atoms with van der Waals surface area (Å²) in [5.41, 5.74) is 1.10. The van der Waals surface area contributed by atoms with E-state index in [1.807, 2.05) is 26.0 Å². The van der Waals surface area contributed by atoms with E-state index in [4.69, 9.17) is 14.2 Å². The number of nitrogens with zero attached hydrogens (tertiary/aromatic N) is 1. The van der Waals surface area contributed by atoms with Gasteiger partial charge in [-0.1, -0.05) is 55.5 Å². The van der Waals surface area contributed by atoms with E-state index < -0.39 is 5.97 Å². The van der Waals surface area contributed by atoms with E-state index in [9.17, 15) is 9.59 Å². The highest BCUT2D eigenvalue weighted by Crippen LogP contribution is 2.31. The maximum atomic E-state index is 12.6. The molecule has 0 spiro atoms. The van der Waals surface area contributed by atoms with Crippen LogP contribution in [0.15, 0.2) is 99.6 Å². The molecule has 37 heavy (non-hydrogen) atoms. The first kappa shape index (κ1) is 28.4. The largest absolute Gasteiger partial charge is 0.468 e. The van der Waals surface area contributed by atoms with E-state index in [0.29, 0.717) is 6.61 Å². The molecule has 0 saturated carbocycles. The van der Waals surface area contributed by atoms with Crippen molar-refractivity contribution in [1.29, 1.82) is 0 Å². The Morgan fingerprint density at radius 2 is 1.24 bits per heavy atom. The van der Waals surface area contributed by atoms with Crippen LogP contribution in [0.4, 0.5) is 0 Å². The molecule has 3 aromatic rings. The van der Waals surface area contributed by atoms with Gasteiger partial charge in [-0.25, -0.2) is 0 Å². The van der Waals surface area contributed by atoms with E-state index >= 15 is 0 Å². The Labute approximate surface area is 222 Å². The van der Waals surface area contributed by atoms with Gasteiger partial charge in [0.15, 0.2) is 14.7 Å². The smallest absolute Gasteiger partial charge is 0.320 e. The molecule has 0 fully saturated rings. The number of ether oxygens (including phenoxy) is 3. The number of hydrogen-bond donors (Lipinski definition) is 0. The van der Waals surface area contributed by atoms with Gasteiger partial charge in [-0.05, 0) is 48.9 Å². The average Bonchev–Trinajstić information content (AvgIpc) is 2.93. The summed E-state index contributed by atoms with van der Waals surface area (Å²) in [4.78, 5) is 29.8. The van der Waals surface area contributed by atoms with Crippen LogP contribution in [0.3, 0.4) is 0 Å². The van der Waals surface area contributed by atoms with Crippen molar-refractivity contribution >= 4 is 22.8 Å². The van der Waals surface area contributed by atoms with Gasteiger partial charge in [-0.2, -0.15) is 0 Å². The number of hydrogen-bond acceptors (Lipinski definition) is 6. The molecular formula is C30H36NO5S+. The first-order chi connectivity index (χ1) is 17.9. The van der Waals surface area contributed by atoms with Crippen molar-refractivity contribution in [3.05, 3.63) is 90.5 Å². The molecule has 3 aromatic carbocycles. The molecule has 0 aliphatic heterocycles. The molecule has 0 N–H and O–H groups in total. The molecule has 0 saturated heterocycles. The minimum atomic E-state index is -0.408. The topological polar surface area (TPSA) is 65.1 Å². The summed E-state index contributed by atoms with van der Waals surface area (Å²) in [6, 6.07) is 29.5. The van der Waals surface area contributed by atoms with E-state index in [1.54, 1.807) is 12.0 Å². The van der Waals surface area contributed by atoms with Crippen molar-refractivity contribution in [3.63, 3.8) is 0 Å². The Balaban J connectivity index is 1.65. The van der Waals surface area contributed by atoms with Crippen molar-refractivity contribution < 1.29 is 23.8 Å². The molecule has 0 aromatic heterocycles. The molecule has 2 atom stereocenters. The summed E-state index contributed by atoms with van der Waals surface area (Å²) in [5.74, 6) is -0.766. The van der Waals surface area contributed by atoms with Crippen LogP contribution in [0.2, 0.25) is 0 Å². The Bertz CT molecular complexity index is 1070. The zero-order valence-electron chi connectivity index (χ0n) is 22.0.